The molecule has 0 atom stereocenters. The summed E-state index contributed by atoms with van der Waals surface area (Å²) in [6, 6.07) is 1.79. The number of anilines is 1. The molecule has 1 heterocycles. The second-order valence-electron chi connectivity index (χ2n) is 2.12. The summed E-state index contributed by atoms with van der Waals surface area (Å²) in [5.74, 6) is 0.0619. The fraction of sp³-hybridized carbons (Fsp3) is 0.167. The topological polar surface area (TPSA) is 84.6 Å². The van der Waals surface area contributed by atoms with Crippen LogP contribution in [0.2, 0.25) is 0 Å². The summed E-state index contributed by atoms with van der Waals surface area (Å²) >= 11 is 1.42. The van der Waals surface area contributed by atoms with Crippen molar-refractivity contribution in [3.63, 3.8) is 0 Å². The lowest BCUT2D eigenvalue weighted by atomic mass is 10.3. The van der Waals surface area contributed by atoms with Gasteiger partial charge in [0.15, 0.2) is 5.84 Å². The van der Waals surface area contributed by atoms with Gasteiger partial charge >= 0.3 is 0 Å². The van der Waals surface area contributed by atoms with Crippen LogP contribution in [-0.2, 0) is 0 Å². The van der Waals surface area contributed by atoms with Gasteiger partial charge in [-0.05, 0) is 13.0 Å². The maximum atomic E-state index is 8.33. The maximum absolute atomic E-state index is 8.33. The van der Waals surface area contributed by atoms with E-state index in [1.807, 2.05) is 6.92 Å². The molecule has 1 aromatic heterocycles. The van der Waals surface area contributed by atoms with E-state index in [-0.39, 0.29) is 5.84 Å². The highest BCUT2D eigenvalue weighted by Gasteiger charge is 2.06. The number of hydrogen-bond acceptors (Lipinski definition) is 4. The van der Waals surface area contributed by atoms with Gasteiger partial charge in [-0.2, -0.15) is 0 Å². The number of nitrogen functional groups attached to an aromatic ring is 1. The Morgan fingerprint density at radius 2 is 2.36 bits per heavy atom. The van der Waals surface area contributed by atoms with Crippen molar-refractivity contribution in [3.8, 4) is 0 Å². The smallest absolute Gasteiger partial charge is 0.173 e. The van der Waals surface area contributed by atoms with E-state index in [1.54, 1.807) is 6.07 Å². The lowest BCUT2D eigenvalue weighted by molar-refractivity contribution is 0.318. The molecule has 5 N–H and O–H groups in total. The molecule has 0 aliphatic heterocycles. The maximum Gasteiger partial charge on any atom is 0.173 e. The Morgan fingerprint density at radius 1 is 1.73 bits per heavy atom. The molecule has 0 aromatic carbocycles. The van der Waals surface area contributed by atoms with Gasteiger partial charge in [0.2, 0.25) is 0 Å². The van der Waals surface area contributed by atoms with E-state index in [4.69, 9.17) is 16.7 Å². The van der Waals surface area contributed by atoms with Crippen molar-refractivity contribution in [1.29, 1.82) is 0 Å². The van der Waals surface area contributed by atoms with E-state index >= 15 is 0 Å². The van der Waals surface area contributed by atoms with E-state index in [0.29, 0.717) is 10.6 Å². The number of aryl methyl sites for hydroxylation is 1. The van der Waals surface area contributed by atoms with Gasteiger partial charge in [0.1, 0.15) is 0 Å². The Kier molecular flexibility index (Phi) is 2.00. The number of nitrogens with two attached hydrogens (primary N) is 2. The molecular formula is C6H9N3OS. The third-order valence-electron chi connectivity index (χ3n) is 1.27. The molecule has 0 aliphatic carbocycles. The van der Waals surface area contributed by atoms with Crippen LogP contribution in [-0.4, -0.2) is 11.0 Å². The molecule has 0 aliphatic rings. The van der Waals surface area contributed by atoms with Crippen LogP contribution < -0.4 is 11.5 Å². The third-order valence-corrected chi connectivity index (χ3v) is 2.15. The van der Waals surface area contributed by atoms with Crippen molar-refractivity contribution in [2.75, 3.05) is 5.73 Å². The van der Waals surface area contributed by atoms with Crippen LogP contribution in [0.25, 0.3) is 0 Å². The van der Waals surface area contributed by atoms with Crippen LogP contribution in [0.1, 0.15) is 10.4 Å². The first-order valence-corrected chi connectivity index (χ1v) is 3.80. The highest BCUT2D eigenvalue weighted by molar-refractivity contribution is 7.16. The largest absolute Gasteiger partial charge is 0.409 e. The number of nitrogens with zero attached hydrogens (tertiary/aromatic N) is 1. The fourth-order valence-corrected chi connectivity index (χ4v) is 1.58. The number of oxime groups is 1. The Bertz CT molecular complexity index is 292. The summed E-state index contributed by atoms with van der Waals surface area (Å²) in [5.41, 5.74) is 11.5. The quantitative estimate of drug-likeness (QED) is 0.252. The molecule has 0 bridgehead atoms. The molecule has 0 saturated heterocycles. The minimum absolute atomic E-state index is 0.0619. The van der Waals surface area contributed by atoms with E-state index in [1.165, 1.54) is 11.3 Å². The SMILES string of the molecule is Cc1cc(/C(N)=N\O)c(N)s1. The number of hydrogen-bond donors (Lipinski definition) is 3. The number of amidine groups is 1. The molecule has 1 aromatic rings. The van der Waals surface area contributed by atoms with E-state index in [0.717, 1.165) is 4.88 Å². The number of thiophene rings is 1. The standard InChI is InChI=1S/C6H9N3OS/c1-3-2-4(5(7)9-10)6(8)11-3/h2,10H,8H2,1H3,(H2,7,9). The van der Waals surface area contributed by atoms with Crippen molar-refractivity contribution >= 4 is 22.2 Å². The lowest BCUT2D eigenvalue weighted by Gasteiger charge is -1.93. The van der Waals surface area contributed by atoms with Gasteiger partial charge < -0.3 is 16.7 Å². The lowest BCUT2D eigenvalue weighted by Crippen LogP contribution is -2.13. The molecule has 0 fully saturated rings. The first-order valence-electron chi connectivity index (χ1n) is 2.99. The van der Waals surface area contributed by atoms with Crippen molar-refractivity contribution in [3.05, 3.63) is 16.5 Å². The van der Waals surface area contributed by atoms with Gasteiger partial charge in [-0.15, -0.1) is 11.3 Å². The monoisotopic (exact) mass is 171 g/mol. The molecule has 4 nitrogen and oxygen atoms in total. The molecule has 5 heteroatoms. The first-order chi connectivity index (χ1) is 5.15. The van der Waals surface area contributed by atoms with Gasteiger partial charge in [0.25, 0.3) is 0 Å². The average Bonchev–Trinajstić information content (AvgIpc) is 2.28. The van der Waals surface area contributed by atoms with E-state index < -0.39 is 0 Å². The molecule has 0 radical (unpaired) electrons. The highest BCUT2D eigenvalue weighted by atomic mass is 32.1. The Morgan fingerprint density at radius 3 is 2.73 bits per heavy atom. The molecule has 1 rings (SSSR count). The molecule has 0 spiro atoms. The summed E-state index contributed by atoms with van der Waals surface area (Å²) in [6.07, 6.45) is 0. The summed E-state index contributed by atoms with van der Waals surface area (Å²) < 4.78 is 0. The average molecular weight is 171 g/mol. The minimum atomic E-state index is 0.0619. The van der Waals surface area contributed by atoms with Gasteiger partial charge in [-0.25, -0.2) is 0 Å². The van der Waals surface area contributed by atoms with Crippen LogP contribution in [0.3, 0.4) is 0 Å². The highest BCUT2D eigenvalue weighted by Crippen LogP contribution is 2.23. The van der Waals surface area contributed by atoms with Crippen LogP contribution in [0, 0.1) is 6.92 Å². The van der Waals surface area contributed by atoms with Gasteiger partial charge in [-0.3, -0.25) is 0 Å². The van der Waals surface area contributed by atoms with E-state index in [9.17, 15) is 0 Å². The number of rotatable bonds is 1. The predicted octanol–water partition coefficient (Wildman–Crippen LogP) is 0.733. The van der Waals surface area contributed by atoms with Crippen LogP contribution in [0.4, 0.5) is 5.00 Å². The molecule has 60 valence electrons. The van der Waals surface area contributed by atoms with Gasteiger partial charge in [-0.1, -0.05) is 5.16 Å². The van der Waals surface area contributed by atoms with Crippen molar-refractivity contribution in [2.24, 2.45) is 10.9 Å². The van der Waals surface area contributed by atoms with E-state index in [2.05, 4.69) is 5.16 Å². The predicted molar refractivity (Wildman–Crippen MR) is 46.0 cm³/mol. The Hall–Kier alpha value is -1.23. The molecule has 0 unspecified atom stereocenters. The van der Waals surface area contributed by atoms with Gasteiger partial charge in [0.05, 0.1) is 10.6 Å². The second kappa shape index (κ2) is 2.79. The van der Waals surface area contributed by atoms with Crippen LogP contribution in [0.15, 0.2) is 11.2 Å². The Labute approximate surface area is 68.1 Å². The molecule has 11 heavy (non-hydrogen) atoms. The molecule has 0 saturated carbocycles. The fourth-order valence-electron chi connectivity index (χ4n) is 0.786. The second-order valence-corrected chi connectivity index (χ2v) is 3.41. The van der Waals surface area contributed by atoms with Crippen molar-refractivity contribution in [1.82, 2.24) is 0 Å². The van der Waals surface area contributed by atoms with Crippen molar-refractivity contribution in [2.45, 2.75) is 6.92 Å². The normalized spacial score (nSPS) is 11.9. The minimum Gasteiger partial charge on any atom is -0.409 e. The van der Waals surface area contributed by atoms with Crippen LogP contribution >= 0.6 is 11.3 Å². The zero-order valence-electron chi connectivity index (χ0n) is 6.03. The Balaban J connectivity index is 3.13. The van der Waals surface area contributed by atoms with Crippen LogP contribution in [0.5, 0.6) is 0 Å². The summed E-state index contributed by atoms with van der Waals surface area (Å²) in [4.78, 5) is 1.05. The molecule has 0 amide bonds. The third kappa shape index (κ3) is 1.43. The summed E-state index contributed by atoms with van der Waals surface area (Å²) in [7, 11) is 0. The van der Waals surface area contributed by atoms with Gasteiger partial charge in [0, 0.05) is 4.88 Å². The first kappa shape index (κ1) is 7.87. The molecular weight excluding hydrogens is 162 g/mol. The zero-order valence-corrected chi connectivity index (χ0v) is 6.85. The summed E-state index contributed by atoms with van der Waals surface area (Å²) in [6.45, 7) is 1.91. The zero-order chi connectivity index (χ0) is 8.43. The summed E-state index contributed by atoms with van der Waals surface area (Å²) in [5, 5.41) is 11.8. The van der Waals surface area contributed by atoms with Crippen molar-refractivity contribution < 1.29 is 5.21 Å².